The molecule has 1 heterocycles. The van der Waals surface area contributed by atoms with E-state index >= 15 is 0 Å². The number of rotatable bonds is 7. The molecule has 1 amide bonds. The lowest BCUT2D eigenvalue weighted by Crippen LogP contribution is -2.21. The Kier molecular flexibility index (Phi) is 7.40. The zero-order valence-corrected chi connectivity index (χ0v) is 20.7. The number of amides is 1. The van der Waals surface area contributed by atoms with Crippen molar-refractivity contribution < 1.29 is 32.4 Å². The Hall–Kier alpha value is -4.38. The summed E-state index contributed by atoms with van der Waals surface area (Å²) in [6.07, 6.45) is -3.22. The molecule has 4 rings (SSSR count). The summed E-state index contributed by atoms with van der Waals surface area (Å²) in [7, 11) is 0. The number of nitrogens with zero attached hydrogens (tertiary/aromatic N) is 3. The van der Waals surface area contributed by atoms with Gasteiger partial charge < -0.3 is 9.47 Å². The predicted octanol–water partition coefficient (Wildman–Crippen LogP) is 7.26. The number of halogens is 4. The molecule has 0 N–H and O–H groups in total. The fourth-order valence-electron chi connectivity index (χ4n) is 3.66. The van der Waals surface area contributed by atoms with Gasteiger partial charge in [-0.1, -0.05) is 29.8 Å². The van der Waals surface area contributed by atoms with Crippen molar-refractivity contribution in [3.8, 4) is 17.2 Å². The first kappa shape index (κ1) is 26.7. The van der Waals surface area contributed by atoms with Gasteiger partial charge in [0.1, 0.15) is 0 Å². The Morgan fingerprint density at radius 3 is 2.45 bits per heavy atom. The van der Waals surface area contributed by atoms with Gasteiger partial charge in [0.15, 0.2) is 11.5 Å². The molecule has 0 radical (unpaired) electrons. The SMILES string of the molecule is CCOc1cc(/C=C2/C(=O)N(c3ccccc3)N=C2C)cc(Cl)c1Oc1ccc(C(F)(F)F)cc1[N+](=O)[O-]. The van der Waals surface area contributed by atoms with Gasteiger partial charge in [0.05, 0.1) is 39.1 Å². The second-order valence-electron chi connectivity index (χ2n) is 8.00. The van der Waals surface area contributed by atoms with E-state index in [4.69, 9.17) is 21.1 Å². The highest BCUT2D eigenvalue weighted by Gasteiger charge is 2.34. The first-order valence-corrected chi connectivity index (χ1v) is 11.5. The molecule has 0 fully saturated rings. The molecule has 0 aromatic heterocycles. The fourth-order valence-corrected chi connectivity index (χ4v) is 3.92. The molecule has 3 aromatic carbocycles. The van der Waals surface area contributed by atoms with E-state index in [1.54, 1.807) is 44.2 Å². The van der Waals surface area contributed by atoms with Gasteiger partial charge in [-0.3, -0.25) is 14.9 Å². The maximum atomic E-state index is 13.1. The van der Waals surface area contributed by atoms with Crippen molar-refractivity contribution in [2.24, 2.45) is 5.10 Å². The second kappa shape index (κ2) is 10.5. The summed E-state index contributed by atoms with van der Waals surface area (Å²) in [6, 6.07) is 13.7. The van der Waals surface area contributed by atoms with Crippen LogP contribution in [0, 0.1) is 10.1 Å². The van der Waals surface area contributed by atoms with Gasteiger partial charge >= 0.3 is 11.9 Å². The standard InChI is InChI=1S/C26H19ClF3N3O5/c1-3-37-23-13-16(11-19-15(2)31-32(25(19)34)18-7-5-4-6-8-18)12-20(27)24(23)38-22-10-9-17(26(28,29)30)14-21(22)33(35)36/h4-14H,3H2,1-2H3/b19-11+. The van der Waals surface area contributed by atoms with Crippen LogP contribution in [0.5, 0.6) is 17.2 Å². The maximum Gasteiger partial charge on any atom is 0.416 e. The Morgan fingerprint density at radius 2 is 1.82 bits per heavy atom. The van der Waals surface area contributed by atoms with Crippen LogP contribution in [0.25, 0.3) is 6.08 Å². The second-order valence-corrected chi connectivity index (χ2v) is 8.41. The summed E-state index contributed by atoms with van der Waals surface area (Å²) in [5.41, 5.74) is -0.282. The minimum atomic E-state index is -4.78. The van der Waals surface area contributed by atoms with Crippen LogP contribution >= 0.6 is 11.6 Å². The first-order valence-electron chi connectivity index (χ1n) is 11.2. The van der Waals surface area contributed by atoms with Crippen LogP contribution in [0.15, 0.2) is 71.3 Å². The van der Waals surface area contributed by atoms with Gasteiger partial charge in [-0.15, -0.1) is 0 Å². The monoisotopic (exact) mass is 545 g/mol. The number of ether oxygens (including phenoxy) is 2. The molecule has 0 unspecified atom stereocenters. The lowest BCUT2D eigenvalue weighted by molar-refractivity contribution is -0.385. The van der Waals surface area contributed by atoms with Crippen molar-refractivity contribution in [1.82, 2.24) is 0 Å². The minimum absolute atomic E-state index is 0.0445. The molecule has 1 aliphatic rings. The van der Waals surface area contributed by atoms with Crippen molar-refractivity contribution in [2.45, 2.75) is 20.0 Å². The number of nitro benzene ring substituents is 1. The molecular weight excluding hydrogens is 527 g/mol. The molecule has 38 heavy (non-hydrogen) atoms. The highest BCUT2D eigenvalue weighted by molar-refractivity contribution is 6.33. The highest BCUT2D eigenvalue weighted by atomic mass is 35.5. The zero-order chi connectivity index (χ0) is 27.6. The smallest absolute Gasteiger partial charge is 0.416 e. The number of alkyl halides is 3. The topological polar surface area (TPSA) is 94.3 Å². The number of carbonyl (C=O) groups excluding carboxylic acids is 1. The molecule has 8 nitrogen and oxygen atoms in total. The van der Waals surface area contributed by atoms with Crippen LogP contribution in [-0.2, 0) is 11.0 Å². The normalized spacial score (nSPS) is 14.6. The number of nitro groups is 1. The summed E-state index contributed by atoms with van der Waals surface area (Å²) < 4.78 is 50.4. The van der Waals surface area contributed by atoms with E-state index in [0.29, 0.717) is 34.7 Å². The molecule has 1 aliphatic heterocycles. The summed E-state index contributed by atoms with van der Waals surface area (Å²) in [6.45, 7) is 3.51. The van der Waals surface area contributed by atoms with E-state index in [1.165, 1.54) is 17.1 Å². The number of para-hydroxylation sites is 1. The summed E-state index contributed by atoms with van der Waals surface area (Å²) in [4.78, 5) is 23.5. The lowest BCUT2D eigenvalue weighted by Gasteiger charge is -2.15. The van der Waals surface area contributed by atoms with E-state index in [9.17, 15) is 28.1 Å². The number of benzene rings is 3. The van der Waals surface area contributed by atoms with Crippen molar-refractivity contribution in [1.29, 1.82) is 0 Å². The molecule has 0 bridgehead atoms. The molecule has 0 saturated heterocycles. The number of hydrogen-bond acceptors (Lipinski definition) is 6. The van der Waals surface area contributed by atoms with Crippen LogP contribution in [0.1, 0.15) is 25.0 Å². The molecule has 0 atom stereocenters. The van der Waals surface area contributed by atoms with Gasteiger partial charge in [0, 0.05) is 6.07 Å². The number of hydrogen-bond donors (Lipinski definition) is 0. The number of hydrazone groups is 1. The average molecular weight is 546 g/mol. The van der Waals surface area contributed by atoms with Crippen molar-refractivity contribution >= 4 is 40.7 Å². The maximum absolute atomic E-state index is 13.1. The third-order valence-electron chi connectivity index (χ3n) is 5.40. The molecular formula is C26H19ClF3N3O5. The number of anilines is 1. The molecule has 0 spiro atoms. The summed E-state index contributed by atoms with van der Waals surface area (Å²) in [5.74, 6) is -0.874. The molecule has 0 aliphatic carbocycles. The highest BCUT2D eigenvalue weighted by Crippen LogP contribution is 2.44. The third-order valence-corrected chi connectivity index (χ3v) is 5.68. The predicted molar refractivity (Wildman–Crippen MR) is 136 cm³/mol. The lowest BCUT2D eigenvalue weighted by atomic mass is 10.1. The van der Waals surface area contributed by atoms with Crippen molar-refractivity contribution in [2.75, 3.05) is 11.6 Å². The quantitative estimate of drug-likeness (QED) is 0.177. The van der Waals surface area contributed by atoms with Gasteiger partial charge in [-0.25, -0.2) is 0 Å². The summed E-state index contributed by atoms with van der Waals surface area (Å²) >= 11 is 6.43. The van der Waals surface area contributed by atoms with Gasteiger partial charge in [0.2, 0.25) is 5.75 Å². The Labute approximate surface area is 219 Å². The third kappa shape index (κ3) is 5.47. The van der Waals surface area contributed by atoms with E-state index in [1.807, 2.05) is 6.07 Å². The van der Waals surface area contributed by atoms with Gasteiger partial charge in [0.25, 0.3) is 5.91 Å². The fraction of sp³-hybridized carbons (Fsp3) is 0.154. The van der Waals surface area contributed by atoms with E-state index < -0.39 is 28.1 Å². The molecule has 3 aromatic rings. The first-order chi connectivity index (χ1) is 18.0. The van der Waals surface area contributed by atoms with E-state index in [0.717, 1.165) is 6.07 Å². The van der Waals surface area contributed by atoms with Crippen molar-refractivity contribution in [3.63, 3.8) is 0 Å². The van der Waals surface area contributed by atoms with Crippen LogP contribution in [0.4, 0.5) is 24.5 Å². The van der Waals surface area contributed by atoms with Gasteiger partial charge in [-0.05, 0) is 61.9 Å². The van der Waals surface area contributed by atoms with Crippen molar-refractivity contribution in [3.05, 3.63) is 92.5 Å². The number of carbonyl (C=O) groups is 1. The largest absolute Gasteiger partial charge is 0.490 e. The van der Waals surface area contributed by atoms with Gasteiger partial charge in [-0.2, -0.15) is 23.3 Å². The Balaban J connectivity index is 1.71. The minimum Gasteiger partial charge on any atom is -0.490 e. The van der Waals surface area contributed by atoms with Crippen LogP contribution in [0.2, 0.25) is 5.02 Å². The summed E-state index contributed by atoms with van der Waals surface area (Å²) in [5, 5.41) is 17.0. The Bertz CT molecular complexity index is 1470. The van der Waals surface area contributed by atoms with Crippen LogP contribution in [0.3, 0.4) is 0 Å². The van der Waals surface area contributed by atoms with Crippen LogP contribution in [-0.4, -0.2) is 23.1 Å². The Morgan fingerprint density at radius 1 is 1.11 bits per heavy atom. The zero-order valence-electron chi connectivity index (χ0n) is 20.0. The molecule has 0 saturated carbocycles. The van der Waals surface area contributed by atoms with E-state index in [-0.39, 0.29) is 29.0 Å². The molecule has 12 heteroatoms. The van der Waals surface area contributed by atoms with E-state index in [2.05, 4.69) is 5.10 Å². The van der Waals surface area contributed by atoms with Crippen LogP contribution < -0.4 is 14.5 Å². The average Bonchev–Trinajstić information content (AvgIpc) is 3.14. The molecule has 196 valence electrons.